The zero-order valence-corrected chi connectivity index (χ0v) is 12.1. The summed E-state index contributed by atoms with van der Waals surface area (Å²) in [6.45, 7) is 8.34. The maximum atomic E-state index is 4.38. The summed E-state index contributed by atoms with van der Waals surface area (Å²) in [6.07, 6.45) is 4.95. The highest BCUT2D eigenvalue weighted by Crippen LogP contribution is 2.10. The van der Waals surface area contributed by atoms with E-state index in [1.807, 2.05) is 12.4 Å². The normalized spacial score (nSPS) is 12.6. The predicted molar refractivity (Wildman–Crippen MR) is 79.1 cm³/mol. The van der Waals surface area contributed by atoms with E-state index < -0.39 is 0 Å². The van der Waals surface area contributed by atoms with Crippen molar-refractivity contribution in [1.82, 2.24) is 14.9 Å². The number of aromatic nitrogens is 2. The average Bonchev–Trinajstić information content (AvgIpc) is 2.86. The highest BCUT2D eigenvalue weighted by Gasteiger charge is 2.07. The van der Waals surface area contributed by atoms with Gasteiger partial charge < -0.3 is 9.88 Å². The van der Waals surface area contributed by atoms with Gasteiger partial charge in [0.05, 0.1) is 6.54 Å². The number of nitrogens with one attached hydrogen (secondary N) is 1. The Labute approximate surface area is 115 Å². The Morgan fingerprint density at radius 3 is 2.84 bits per heavy atom. The summed E-state index contributed by atoms with van der Waals surface area (Å²) in [5.74, 6) is 1.11. The van der Waals surface area contributed by atoms with Gasteiger partial charge >= 0.3 is 0 Å². The molecule has 0 aliphatic carbocycles. The zero-order chi connectivity index (χ0) is 13.7. The van der Waals surface area contributed by atoms with Crippen molar-refractivity contribution in [3.8, 4) is 0 Å². The molecule has 1 aromatic heterocycles. The van der Waals surface area contributed by atoms with Gasteiger partial charge in [0.25, 0.3) is 0 Å². The fraction of sp³-hybridized carbons (Fsp3) is 0.438. The Kier molecular flexibility index (Phi) is 4.74. The predicted octanol–water partition coefficient (Wildman–Crippen LogP) is 2.93. The smallest absolute Gasteiger partial charge is 0.122 e. The van der Waals surface area contributed by atoms with Gasteiger partial charge in [-0.05, 0) is 38.3 Å². The van der Waals surface area contributed by atoms with E-state index in [4.69, 9.17) is 0 Å². The number of hydrogen-bond acceptors (Lipinski definition) is 2. The number of aryl methyl sites for hydroxylation is 2. The lowest BCUT2D eigenvalue weighted by Crippen LogP contribution is -2.29. The minimum atomic E-state index is 0.447. The van der Waals surface area contributed by atoms with Crippen LogP contribution in [0.15, 0.2) is 36.7 Å². The zero-order valence-electron chi connectivity index (χ0n) is 12.1. The van der Waals surface area contributed by atoms with Gasteiger partial charge in [0.2, 0.25) is 0 Å². The molecule has 0 fully saturated rings. The summed E-state index contributed by atoms with van der Waals surface area (Å²) < 4.78 is 2.17. The first-order valence-corrected chi connectivity index (χ1v) is 6.98. The molecule has 0 spiro atoms. The molecule has 102 valence electrons. The van der Waals surface area contributed by atoms with Crippen molar-refractivity contribution < 1.29 is 0 Å². The second kappa shape index (κ2) is 6.53. The van der Waals surface area contributed by atoms with Crippen LogP contribution in [0.5, 0.6) is 0 Å². The minimum Gasteiger partial charge on any atom is -0.334 e. The number of nitrogens with zero attached hydrogens (tertiary/aromatic N) is 2. The van der Waals surface area contributed by atoms with Crippen LogP contribution in [0, 0.1) is 6.92 Å². The van der Waals surface area contributed by atoms with Crippen LogP contribution in [0.2, 0.25) is 0 Å². The van der Waals surface area contributed by atoms with Crippen LogP contribution < -0.4 is 5.32 Å². The third kappa shape index (κ3) is 3.67. The first-order chi connectivity index (χ1) is 9.20. The van der Waals surface area contributed by atoms with E-state index in [0.717, 1.165) is 25.3 Å². The molecule has 0 saturated carbocycles. The molecular formula is C16H23N3. The molecular weight excluding hydrogens is 234 g/mol. The Balaban J connectivity index is 1.88. The lowest BCUT2D eigenvalue weighted by atomic mass is 10.0. The summed E-state index contributed by atoms with van der Waals surface area (Å²) in [5, 5.41) is 3.55. The highest BCUT2D eigenvalue weighted by molar-refractivity contribution is 5.26. The van der Waals surface area contributed by atoms with Gasteiger partial charge in [0, 0.05) is 25.0 Å². The van der Waals surface area contributed by atoms with Gasteiger partial charge in [-0.1, -0.05) is 24.3 Å². The molecule has 2 rings (SSSR count). The number of benzene rings is 1. The molecule has 1 N–H and O–H groups in total. The van der Waals surface area contributed by atoms with Crippen LogP contribution in [0.3, 0.4) is 0 Å². The third-order valence-electron chi connectivity index (χ3n) is 3.54. The van der Waals surface area contributed by atoms with Crippen molar-refractivity contribution in [1.29, 1.82) is 0 Å². The molecule has 0 radical (unpaired) electrons. The van der Waals surface area contributed by atoms with E-state index in [1.54, 1.807) is 0 Å². The first-order valence-electron chi connectivity index (χ1n) is 6.98. The minimum absolute atomic E-state index is 0.447. The molecule has 1 unspecified atom stereocenters. The topological polar surface area (TPSA) is 29.9 Å². The molecule has 0 amide bonds. The van der Waals surface area contributed by atoms with Gasteiger partial charge in [-0.2, -0.15) is 0 Å². The second-order valence-electron chi connectivity index (χ2n) is 5.04. The SMILES string of the molecule is CCn1ccnc1CNC(C)Cc1ccccc1C. The van der Waals surface area contributed by atoms with Crippen molar-refractivity contribution in [3.05, 3.63) is 53.6 Å². The molecule has 0 aliphatic rings. The van der Waals surface area contributed by atoms with E-state index >= 15 is 0 Å². The number of hydrogen-bond donors (Lipinski definition) is 1. The Hall–Kier alpha value is -1.61. The van der Waals surface area contributed by atoms with Crippen LogP contribution in [0.1, 0.15) is 30.8 Å². The van der Waals surface area contributed by atoms with E-state index in [9.17, 15) is 0 Å². The summed E-state index contributed by atoms with van der Waals surface area (Å²) in [5.41, 5.74) is 2.78. The second-order valence-corrected chi connectivity index (χ2v) is 5.04. The maximum absolute atomic E-state index is 4.38. The highest BCUT2D eigenvalue weighted by atomic mass is 15.1. The first kappa shape index (κ1) is 13.8. The van der Waals surface area contributed by atoms with Gasteiger partial charge in [-0.15, -0.1) is 0 Å². The molecule has 19 heavy (non-hydrogen) atoms. The third-order valence-corrected chi connectivity index (χ3v) is 3.54. The van der Waals surface area contributed by atoms with Crippen molar-refractivity contribution >= 4 is 0 Å². The molecule has 3 heteroatoms. The van der Waals surface area contributed by atoms with Gasteiger partial charge in [0.15, 0.2) is 0 Å². The monoisotopic (exact) mass is 257 g/mol. The quantitative estimate of drug-likeness (QED) is 0.862. The Morgan fingerprint density at radius 1 is 1.32 bits per heavy atom. The Bertz CT molecular complexity index is 516. The van der Waals surface area contributed by atoms with Crippen molar-refractivity contribution in [2.75, 3.05) is 0 Å². The Morgan fingerprint density at radius 2 is 2.11 bits per heavy atom. The van der Waals surface area contributed by atoms with E-state index in [-0.39, 0.29) is 0 Å². The van der Waals surface area contributed by atoms with Gasteiger partial charge in [-0.25, -0.2) is 4.98 Å². The van der Waals surface area contributed by atoms with Crippen molar-refractivity contribution in [2.45, 2.75) is 46.3 Å². The molecule has 1 atom stereocenters. The summed E-state index contributed by atoms with van der Waals surface area (Å²) >= 11 is 0. The molecule has 0 aliphatic heterocycles. The summed E-state index contributed by atoms with van der Waals surface area (Å²) in [7, 11) is 0. The largest absolute Gasteiger partial charge is 0.334 e. The fourth-order valence-corrected chi connectivity index (χ4v) is 2.30. The average molecular weight is 257 g/mol. The lowest BCUT2D eigenvalue weighted by Gasteiger charge is -2.15. The van der Waals surface area contributed by atoms with E-state index in [1.165, 1.54) is 11.1 Å². The van der Waals surface area contributed by atoms with Crippen LogP contribution in [0.4, 0.5) is 0 Å². The van der Waals surface area contributed by atoms with Crippen LogP contribution in [-0.2, 0) is 19.5 Å². The molecule has 2 aromatic rings. The van der Waals surface area contributed by atoms with Gasteiger partial charge in [-0.3, -0.25) is 0 Å². The van der Waals surface area contributed by atoms with Crippen LogP contribution in [-0.4, -0.2) is 15.6 Å². The van der Waals surface area contributed by atoms with Gasteiger partial charge in [0.1, 0.15) is 5.82 Å². The summed E-state index contributed by atoms with van der Waals surface area (Å²) in [6, 6.07) is 9.03. The molecule has 0 saturated heterocycles. The lowest BCUT2D eigenvalue weighted by molar-refractivity contribution is 0.518. The maximum Gasteiger partial charge on any atom is 0.122 e. The van der Waals surface area contributed by atoms with Crippen molar-refractivity contribution in [2.24, 2.45) is 0 Å². The number of rotatable bonds is 6. The molecule has 1 heterocycles. The number of imidazole rings is 1. The fourth-order valence-electron chi connectivity index (χ4n) is 2.30. The van der Waals surface area contributed by atoms with Crippen LogP contribution >= 0.6 is 0 Å². The standard InChI is InChI=1S/C16H23N3/c1-4-19-10-9-17-16(19)12-18-14(3)11-15-8-6-5-7-13(15)2/h5-10,14,18H,4,11-12H2,1-3H3. The van der Waals surface area contributed by atoms with Crippen molar-refractivity contribution in [3.63, 3.8) is 0 Å². The van der Waals surface area contributed by atoms with E-state index in [0.29, 0.717) is 6.04 Å². The molecule has 1 aromatic carbocycles. The van der Waals surface area contributed by atoms with E-state index in [2.05, 4.69) is 59.9 Å². The van der Waals surface area contributed by atoms with Crippen LogP contribution in [0.25, 0.3) is 0 Å². The molecule has 3 nitrogen and oxygen atoms in total. The molecule has 0 bridgehead atoms. The summed E-state index contributed by atoms with van der Waals surface area (Å²) in [4.78, 5) is 4.38.